The molecule has 1 heterocycles. The van der Waals surface area contributed by atoms with E-state index in [1.54, 1.807) is 24.4 Å². The van der Waals surface area contributed by atoms with E-state index in [4.69, 9.17) is 14.2 Å². The fraction of sp³-hybridized carbons (Fsp3) is 0.240. The van der Waals surface area contributed by atoms with E-state index in [9.17, 15) is 9.59 Å². The lowest BCUT2D eigenvalue weighted by atomic mass is 10.0. The van der Waals surface area contributed by atoms with Gasteiger partial charge < -0.3 is 19.5 Å². The average Bonchev–Trinajstić information content (AvgIpc) is 3.31. The molecule has 0 unspecified atom stereocenters. The smallest absolute Gasteiger partial charge is 0.259 e. The number of fused-ring (bicyclic) bond motifs is 2. The summed E-state index contributed by atoms with van der Waals surface area (Å²) in [6, 6.07) is 16.7. The Bertz CT molecular complexity index is 1190. The molecule has 0 spiro atoms. The first-order valence-electron chi connectivity index (χ1n) is 10.8. The maximum Gasteiger partial charge on any atom is 0.259 e. The van der Waals surface area contributed by atoms with Gasteiger partial charge in [-0.1, -0.05) is 43.7 Å². The Morgan fingerprint density at radius 2 is 1.94 bits per heavy atom. The summed E-state index contributed by atoms with van der Waals surface area (Å²) in [5, 5.41) is 8.67. The third-order valence-corrected chi connectivity index (χ3v) is 5.11. The highest BCUT2D eigenvalue weighted by Gasteiger charge is 2.16. The Labute approximate surface area is 191 Å². The highest BCUT2D eigenvalue weighted by Crippen LogP contribution is 2.32. The van der Waals surface area contributed by atoms with Gasteiger partial charge in [0.1, 0.15) is 5.75 Å². The second kappa shape index (κ2) is 10.5. The monoisotopic (exact) mass is 447 g/mol. The first kappa shape index (κ1) is 22.1. The summed E-state index contributed by atoms with van der Waals surface area (Å²) in [7, 11) is 0. The van der Waals surface area contributed by atoms with Crippen LogP contribution in [0.25, 0.3) is 10.8 Å². The lowest BCUT2D eigenvalue weighted by Crippen LogP contribution is -2.34. The lowest BCUT2D eigenvalue weighted by Gasteiger charge is -2.11. The summed E-state index contributed by atoms with van der Waals surface area (Å²) in [6.45, 7) is 2.61. The molecule has 0 atom stereocenters. The molecule has 2 amide bonds. The van der Waals surface area contributed by atoms with Crippen LogP contribution < -0.4 is 25.0 Å². The summed E-state index contributed by atoms with van der Waals surface area (Å²) in [4.78, 5) is 24.5. The quantitative estimate of drug-likeness (QED) is 0.297. The largest absolute Gasteiger partial charge is 0.493 e. The van der Waals surface area contributed by atoms with Crippen LogP contribution in [0, 0.1) is 0 Å². The Morgan fingerprint density at radius 1 is 1.09 bits per heavy atom. The van der Waals surface area contributed by atoms with E-state index in [0.29, 0.717) is 29.4 Å². The molecule has 3 aromatic rings. The van der Waals surface area contributed by atoms with Crippen molar-refractivity contribution < 1.29 is 23.8 Å². The van der Waals surface area contributed by atoms with Gasteiger partial charge >= 0.3 is 0 Å². The first-order valence-corrected chi connectivity index (χ1v) is 10.8. The summed E-state index contributed by atoms with van der Waals surface area (Å²) in [6.07, 6.45) is 3.55. The van der Waals surface area contributed by atoms with Crippen LogP contribution >= 0.6 is 0 Å². The van der Waals surface area contributed by atoms with Gasteiger partial charge in [-0.25, -0.2) is 5.43 Å². The zero-order chi connectivity index (χ0) is 23.0. The van der Waals surface area contributed by atoms with Crippen molar-refractivity contribution in [3.63, 3.8) is 0 Å². The molecule has 2 N–H and O–H groups in total. The highest BCUT2D eigenvalue weighted by atomic mass is 16.7. The number of ether oxygens (including phenoxy) is 3. The van der Waals surface area contributed by atoms with Gasteiger partial charge in [0.25, 0.3) is 11.8 Å². The molecule has 0 radical (unpaired) electrons. The predicted octanol–water partition coefficient (Wildman–Crippen LogP) is 3.63. The minimum Gasteiger partial charge on any atom is -0.493 e. The normalized spacial score (nSPS) is 12.2. The maximum atomic E-state index is 12.3. The number of nitrogens with one attached hydrogen (secondary N) is 2. The van der Waals surface area contributed by atoms with Crippen LogP contribution in [0.3, 0.4) is 0 Å². The molecule has 33 heavy (non-hydrogen) atoms. The van der Waals surface area contributed by atoms with Crippen LogP contribution in [0.5, 0.6) is 17.2 Å². The number of benzene rings is 3. The number of hydrogen-bond acceptors (Lipinski definition) is 6. The van der Waals surface area contributed by atoms with Crippen molar-refractivity contribution in [1.29, 1.82) is 0 Å². The van der Waals surface area contributed by atoms with Crippen molar-refractivity contribution in [2.45, 2.75) is 19.8 Å². The SMILES string of the molecule is CCCCOc1ccc2ccccc2c1/C=N\NC(=O)CNC(=O)c1ccc2c(c1)OCO2. The number of carbonyl (C=O) groups is 2. The molecule has 3 aromatic carbocycles. The molecule has 1 aliphatic rings. The molecule has 0 saturated carbocycles. The molecule has 0 saturated heterocycles. The van der Waals surface area contributed by atoms with Gasteiger partial charge in [-0.15, -0.1) is 0 Å². The van der Waals surface area contributed by atoms with Crippen molar-refractivity contribution >= 4 is 28.8 Å². The zero-order valence-corrected chi connectivity index (χ0v) is 18.3. The lowest BCUT2D eigenvalue weighted by molar-refractivity contribution is -0.120. The highest BCUT2D eigenvalue weighted by molar-refractivity contribution is 6.03. The molecule has 4 rings (SSSR count). The Hall–Kier alpha value is -4.07. The Morgan fingerprint density at radius 3 is 2.82 bits per heavy atom. The van der Waals surface area contributed by atoms with Crippen LogP contribution in [0.2, 0.25) is 0 Å². The molecule has 0 fully saturated rings. The Kier molecular flexibility index (Phi) is 7.04. The van der Waals surface area contributed by atoms with Crippen LogP contribution in [0.1, 0.15) is 35.7 Å². The van der Waals surface area contributed by atoms with Crippen LogP contribution in [0.4, 0.5) is 0 Å². The van der Waals surface area contributed by atoms with Crippen LogP contribution in [-0.2, 0) is 4.79 Å². The van der Waals surface area contributed by atoms with Gasteiger partial charge in [0.15, 0.2) is 11.5 Å². The molecule has 0 aliphatic carbocycles. The van der Waals surface area contributed by atoms with E-state index in [0.717, 1.165) is 29.2 Å². The van der Waals surface area contributed by atoms with Crippen molar-refractivity contribution in [1.82, 2.24) is 10.7 Å². The average molecular weight is 447 g/mol. The fourth-order valence-electron chi connectivity index (χ4n) is 3.37. The second-order valence-corrected chi connectivity index (χ2v) is 7.44. The van der Waals surface area contributed by atoms with E-state index in [-0.39, 0.29) is 13.3 Å². The summed E-state index contributed by atoms with van der Waals surface area (Å²) < 4.78 is 16.4. The van der Waals surface area contributed by atoms with Crippen LogP contribution in [0.15, 0.2) is 59.7 Å². The molecule has 8 heteroatoms. The van der Waals surface area contributed by atoms with Gasteiger partial charge in [-0.2, -0.15) is 5.10 Å². The number of hydrogen-bond donors (Lipinski definition) is 2. The first-order chi connectivity index (χ1) is 16.2. The summed E-state index contributed by atoms with van der Waals surface area (Å²) in [5.41, 5.74) is 3.62. The van der Waals surface area contributed by atoms with Crippen molar-refractivity contribution in [3.05, 3.63) is 65.7 Å². The van der Waals surface area contributed by atoms with Crippen molar-refractivity contribution in [2.24, 2.45) is 5.10 Å². The number of amides is 2. The summed E-state index contributed by atoms with van der Waals surface area (Å²) in [5.74, 6) is 0.951. The van der Waals surface area contributed by atoms with Gasteiger partial charge in [-0.3, -0.25) is 9.59 Å². The van der Waals surface area contributed by atoms with E-state index in [2.05, 4.69) is 22.8 Å². The zero-order valence-electron chi connectivity index (χ0n) is 18.3. The molecule has 1 aliphatic heterocycles. The summed E-state index contributed by atoms with van der Waals surface area (Å²) >= 11 is 0. The van der Waals surface area contributed by atoms with Crippen LogP contribution in [-0.4, -0.2) is 38.0 Å². The number of nitrogens with zero attached hydrogens (tertiary/aromatic N) is 1. The Balaban J connectivity index is 1.37. The number of carbonyl (C=O) groups excluding carboxylic acids is 2. The van der Waals surface area contributed by atoms with Gasteiger partial charge in [-0.05, 0) is 41.5 Å². The number of rotatable bonds is 9. The van der Waals surface area contributed by atoms with Crippen molar-refractivity contribution in [2.75, 3.05) is 19.9 Å². The topological polar surface area (TPSA) is 98.2 Å². The molecular formula is C25H25N3O5. The standard InChI is InChI=1S/C25H25N3O5/c1-2-3-12-31-21-10-8-17-6-4-5-7-19(17)20(21)14-27-28-24(29)15-26-25(30)18-9-11-22-23(13-18)33-16-32-22/h4-11,13-14H,2-3,12,15-16H2,1H3,(H,26,30)(H,28,29)/b27-14-. The minimum atomic E-state index is -0.450. The number of unbranched alkanes of at least 4 members (excludes halogenated alkanes) is 1. The van der Waals surface area contributed by atoms with Crippen molar-refractivity contribution in [3.8, 4) is 17.2 Å². The minimum absolute atomic E-state index is 0.128. The molecule has 8 nitrogen and oxygen atoms in total. The second-order valence-electron chi connectivity index (χ2n) is 7.44. The molecule has 170 valence electrons. The number of hydrazone groups is 1. The predicted molar refractivity (Wildman–Crippen MR) is 125 cm³/mol. The van der Waals surface area contributed by atoms with Gasteiger partial charge in [0.05, 0.1) is 19.4 Å². The van der Waals surface area contributed by atoms with E-state index < -0.39 is 11.8 Å². The van der Waals surface area contributed by atoms with E-state index >= 15 is 0 Å². The fourth-order valence-corrected chi connectivity index (χ4v) is 3.37. The van der Waals surface area contributed by atoms with E-state index in [1.807, 2.05) is 36.4 Å². The molecule has 0 bridgehead atoms. The third kappa shape index (κ3) is 5.41. The molecular weight excluding hydrogens is 422 g/mol. The third-order valence-electron chi connectivity index (χ3n) is 5.11. The molecule has 0 aromatic heterocycles. The van der Waals surface area contributed by atoms with Gasteiger partial charge in [0, 0.05) is 11.1 Å². The van der Waals surface area contributed by atoms with Gasteiger partial charge in [0.2, 0.25) is 6.79 Å². The van der Waals surface area contributed by atoms with E-state index in [1.165, 1.54) is 0 Å². The maximum absolute atomic E-state index is 12.3.